The van der Waals surface area contributed by atoms with Gasteiger partial charge in [0.2, 0.25) is 0 Å². The van der Waals surface area contributed by atoms with E-state index in [4.69, 9.17) is 16.6 Å². The van der Waals surface area contributed by atoms with Crippen molar-refractivity contribution in [2.24, 2.45) is 0 Å². The van der Waals surface area contributed by atoms with E-state index in [0.717, 1.165) is 23.5 Å². The average Bonchev–Trinajstić information content (AvgIpc) is 2.58. The van der Waals surface area contributed by atoms with Gasteiger partial charge in [-0.2, -0.15) is 0 Å². The molecular weight excluding hydrogens is 354 g/mol. The van der Waals surface area contributed by atoms with Crippen molar-refractivity contribution in [2.75, 3.05) is 26.4 Å². The number of nitrogens with zero attached hydrogens (tertiary/aromatic N) is 3. The van der Waals surface area contributed by atoms with Crippen molar-refractivity contribution in [2.45, 2.75) is 12.1 Å². The van der Waals surface area contributed by atoms with E-state index < -0.39 is 0 Å². The first-order valence-corrected chi connectivity index (χ1v) is 9.39. The van der Waals surface area contributed by atoms with Crippen LogP contribution in [0.1, 0.15) is 5.56 Å². The van der Waals surface area contributed by atoms with Crippen LogP contribution >= 0.6 is 23.4 Å². The van der Waals surface area contributed by atoms with Crippen molar-refractivity contribution in [1.82, 2.24) is 14.5 Å². The minimum atomic E-state index is -0.0714. The zero-order valence-corrected chi connectivity index (χ0v) is 16.1. The number of hydrogen-bond acceptors (Lipinski definition) is 4. The van der Waals surface area contributed by atoms with E-state index >= 15 is 0 Å². The summed E-state index contributed by atoms with van der Waals surface area (Å²) in [4.78, 5) is 19.9. The molecule has 0 spiro atoms. The fourth-order valence-corrected chi connectivity index (χ4v) is 3.77. The molecule has 0 radical (unpaired) electrons. The topological polar surface area (TPSA) is 38.1 Å². The molecule has 0 N–H and O–H groups in total. The van der Waals surface area contributed by atoms with Gasteiger partial charge in [-0.25, -0.2) is 4.98 Å². The molecule has 0 atom stereocenters. The summed E-state index contributed by atoms with van der Waals surface area (Å²) in [6.45, 7) is 2.85. The van der Waals surface area contributed by atoms with E-state index in [1.807, 2.05) is 63.5 Å². The third-order valence-electron chi connectivity index (χ3n) is 3.93. The van der Waals surface area contributed by atoms with E-state index in [9.17, 15) is 4.79 Å². The molecule has 4 nitrogen and oxygen atoms in total. The molecule has 6 heteroatoms. The number of halogens is 1. The first kappa shape index (κ1) is 18.0. The number of benzene rings is 2. The number of thioether (sulfide) groups is 1. The average molecular weight is 374 g/mol. The lowest BCUT2D eigenvalue weighted by Crippen LogP contribution is -2.22. The molecule has 2 aromatic carbocycles. The highest BCUT2D eigenvalue weighted by molar-refractivity contribution is 7.99. The van der Waals surface area contributed by atoms with Crippen LogP contribution in [0.4, 0.5) is 0 Å². The van der Waals surface area contributed by atoms with Crippen LogP contribution in [0.25, 0.3) is 16.6 Å². The van der Waals surface area contributed by atoms with E-state index in [2.05, 4.69) is 4.90 Å². The predicted molar refractivity (Wildman–Crippen MR) is 106 cm³/mol. The van der Waals surface area contributed by atoms with Crippen LogP contribution in [0.15, 0.2) is 52.4 Å². The van der Waals surface area contributed by atoms with Gasteiger partial charge in [0.15, 0.2) is 5.16 Å². The van der Waals surface area contributed by atoms with Crippen molar-refractivity contribution in [3.8, 4) is 5.69 Å². The molecule has 3 rings (SSSR count). The van der Waals surface area contributed by atoms with E-state index in [1.54, 1.807) is 16.3 Å². The Labute approximate surface area is 156 Å². The Morgan fingerprint density at radius 1 is 1.20 bits per heavy atom. The number of hydrogen-bond donors (Lipinski definition) is 0. The van der Waals surface area contributed by atoms with Gasteiger partial charge in [0, 0.05) is 17.3 Å². The van der Waals surface area contributed by atoms with Crippen molar-refractivity contribution < 1.29 is 0 Å². The molecule has 0 aliphatic carbocycles. The predicted octanol–water partition coefficient (Wildman–Crippen LogP) is 4.00. The van der Waals surface area contributed by atoms with Gasteiger partial charge in [-0.3, -0.25) is 9.36 Å². The molecule has 0 saturated heterocycles. The van der Waals surface area contributed by atoms with Crippen LogP contribution in [0, 0.1) is 6.92 Å². The molecule has 25 heavy (non-hydrogen) atoms. The van der Waals surface area contributed by atoms with Crippen molar-refractivity contribution in [1.29, 1.82) is 0 Å². The number of aryl methyl sites for hydroxylation is 1. The molecule has 1 aromatic heterocycles. The Bertz CT molecular complexity index is 969. The number of aromatic nitrogens is 2. The normalized spacial score (nSPS) is 11.4. The van der Waals surface area contributed by atoms with Gasteiger partial charge in [0.1, 0.15) is 0 Å². The molecule has 1 heterocycles. The fraction of sp³-hybridized carbons (Fsp3) is 0.263. The summed E-state index contributed by atoms with van der Waals surface area (Å²) in [7, 11) is 4.06. The molecule has 0 fully saturated rings. The summed E-state index contributed by atoms with van der Waals surface area (Å²) in [5.41, 5.74) is 2.37. The molecule has 0 amide bonds. The Morgan fingerprint density at radius 3 is 2.68 bits per heavy atom. The third-order valence-corrected chi connectivity index (χ3v) is 5.25. The van der Waals surface area contributed by atoms with Crippen LogP contribution in [0.2, 0.25) is 5.02 Å². The monoisotopic (exact) mass is 373 g/mol. The molecule has 0 bridgehead atoms. The number of fused-ring (bicyclic) bond motifs is 1. The molecule has 3 aromatic rings. The second-order valence-electron chi connectivity index (χ2n) is 6.14. The Balaban J connectivity index is 2.17. The van der Waals surface area contributed by atoms with Gasteiger partial charge < -0.3 is 4.90 Å². The Kier molecular flexibility index (Phi) is 5.47. The van der Waals surface area contributed by atoms with Gasteiger partial charge in [-0.1, -0.05) is 41.6 Å². The molecule has 0 aliphatic heterocycles. The van der Waals surface area contributed by atoms with Crippen LogP contribution in [0.5, 0.6) is 0 Å². The van der Waals surface area contributed by atoms with Crippen LogP contribution in [-0.4, -0.2) is 40.8 Å². The van der Waals surface area contributed by atoms with Crippen LogP contribution in [-0.2, 0) is 0 Å². The third kappa shape index (κ3) is 3.89. The first-order chi connectivity index (χ1) is 12.0. The van der Waals surface area contributed by atoms with Gasteiger partial charge in [-0.15, -0.1) is 0 Å². The summed E-state index contributed by atoms with van der Waals surface area (Å²) >= 11 is 7.86. The SMILES string of the molecule is Cc1ccc(-n2c(SCCN(C)C)nc3ccccc3c2=O)cc1Cl. The van der Waals surface area contributed by atoms with E-state index in [-0.39, 0.29) is 5.56 Å². The maximum atomic E-state index is 13.1. The zero-order valence-electron chi connectivity index (χ0n) is 14.5. The molecule has 130 valence electrons. The Hall–Kier alpha value is -1.82. The quantitative estimate of drug-likeness (QED) is 0.500. The lowest BCUT2D eigenvalue weighted by atomic mass is 10.2. The van der Waals surface area contributed by atoms with Crippen LogP contribution < -0.4 is 5.56 Å². The first-order valence-electron chi connectivity index (χ1n) is 8.03. The highest BCUT2D eigenvalue weighted by Gasteiger charge is 2.14. The summed E-state index contributed by atoms with van der Waals surface area (Å²) in [5, 5.41) is 1.93. The largest absolute Gasteiger partial charge is 0.309 e. The highest BCUT2D eigenvalue weighted by atomic mass is 35.5. The van der Waals surface area contributed by atoms with Crippen molar-refractivity contribution >= 4 is 34.3 Å². The maximum Gasteiger partial charge on any atom is 0.266 e. The zero-order chi connectivity index (χ0) is 18.0. The van der Waals surface area contributed by atoms with Gasteiger partial charge in [0.25, 0.3) is 5.56 Å². The lowest BCUT2D eigenvalue weighted by molar-refractivity contribution is 0.437. The standard InChI is InChI=1S/C19H20ClN3OS/c1-13-8-9-14(12-16(13)20)23-18(24)15-6-4-5-7-17(15)21-19(23)25-11-10-22(2)3/h4-9,12H,10-11H2,1-3H3. The van der Waals surface area contributed by atoms with Gasteiger partial charge >= 0.3 is 0 Å². The van der Waals surface area contributed by atoms with E-state index in [1.165, 1.54) is 0 Å². The van der Waals surface area contributed by atoms with Gasteiger partial charge in [-0.05, 0) is 50.8 Å². The fourth-order valence-electron chi connectivity index (χ4n) is 2.48. The summed E-state index contributed by atoms with van der Waals surface area (Å²) in [6, 6.07) is 13.1. The minimum absolute atomic E-state index is 0.0714. The second kappa shape index (κ2) is 7.60. The second-order valence-corrected chi connectivity index (χ2v) is 7.61. The molecule has 0 unspecified atom stereocenters. The Morgan fingerprint density at radius 2 is 1.96 bits per heavy atom. The number of rotatable bonds is 5. The molecular formula is C19H20ClN3OS. The van der Waals surface area contributed by atoms with Gasteiger partial charge in [0.05, 0.1) is 16.6 Å². The smallest absolute Gasteiger partial charge is 0.266 e. The van der Waals surface area contributed by atoms with Crippen molar-refractivity contribution in [3.63, 3.8) is 0 Å². The minimum Gasteiger partial charge on any atom is -0.309 e. The molecule has 0 aliphatic rings. The molecule has 0 saturated carbocycles. The van der Waals surface area contributed by atoms with Crippen LogP contribution in [0.3, 0.4) is 0 Å². The summed E-state index contributed by atoms with van der Waals surface area (Å²) in [6.07, 6.45) is 0. The van der Waals surface area contributed by atoms with E-state index in [0.29, 0.717) is 21.1 Å². The number of para-hydroxylation sites is 1. The lowest BCUT2D eigenvalue weighted by Gasteiger charge is -2.15. The summed E-state index contributed by atoms with van der Waals surface area (Å²) < 4.78 is 1.66. The maximum absolute atomic E-state index is 13.1. The van der Waals surface area contributed by atoms with Crippen molar-refractivity contribution in [3.05, 3.63) is 63.4 Å². The summed E-state index contributed by atoms with van der Waals surface area (Å²) in [5.74, 6) is 0.845. The highest BCUT2D eigenvalue weighted by Crippen LogP contribution is 2.24.